The van der Waals surface area contributed by atoms with Gasteiger partial charge in [-0.05, 0) is 25.8 Å². The van der Waals surface area contributed by atoms with Crippen molar-refractivity contribution in [3.8, 4) is 0 Å². The summed E-state index contributed by atoms with van der Waals surface area (Å²) in [4.78, 5) is 4.15. The van der Waals surface area contributed by atoms with Gasteiger partial charge in [0.1, 0.15) is 5.15 Å². The maximum absolute atomic E-state index is 9.25. The summed E-state index contributed by atoms with van der Waals surface area (Å²) in [5, 5.41) is 9.70. The number of hydrogen-bond donors (Lipinski definition) is 2. The van der Waals surface area contributed by atoms with Gasteiger partial charge in [0.25, 0.3) is 0 Å². The number of hydrogen-bond acceptors (Lipinski definition) is 3. The fourth-order valence-corrected chi connectivity index (χ4v) is 2.28. The lowest BCUT2D eigenvalue weighted by Crippen LogP contribution is -2.51. The molecule has 2 rings (SSSR count). The van der Waals surface area contributed by atoms with E-state index in [-0.39, 0.29) is 6.10 Å². The number of aliphatic hydroxyl groups is 1. The van der Waals surface area contributed by atoms with E-state index in [4.69, 9.17) is 17.3 Å². The van der Waals surface area contributed by atoms with Crippen LogP contribution in [-0.2, 0) is 5.54 Å². The van der Waals surface area contributed by atoms with Gasteiger partial charge in [0.05, 0.1) is 6.10 Å². The number of halogens is 1. The van der Waals surface area contributed by atoms with E-state index < -0.39 is 5.54 Å². The summed E-state index contributed by atoms with van der Waals surface area (Å²) in [6, 6.07) is 3.79. The summed E-state index contributed by atoms with van der Waals surface area (Å²) in [6.07, 6.45) is 0.840. The average molecular weight is 213 g/mol. The number of rotatable bonds is 1. The minimum Gasteiger partial charge on any atom is -0.393 e. The molecule has 1 aliphatic carbocycles. The van der Waals surface area contributed by atoms with Gasteiger partial charge in [0.2, 0.25) is 0 Å². The Labute approximate surface area is 87.9 Å². The minimum absolute atomic E-state index is 0.294. The van der Waals surface area contributed by atoms with Gasteiger partial charge in [-0.15, -0.1) is 0 Å². The zero-order valence-electron chi connectivity index (χ0n) is 8.00. The van der Waals surface area contributed by atoms with E-state index in [2.05, 4.69) is 4.98 Å². The standard InChI is InChI=1S/C10H13ClN2O/c1-6-2-3-8(9(11)13-6)10(12)4-7(14)5-10/h2-3,7,14H,4-5,12H2,1H3. The minimum atomic E-state index is -0.475. The van der Waals surface area contributed by atoms with Crippen LogP contribution in [0.25, 0.3) is 0 Å². The van der Waals surface area contributed by atoms with Gasteiger partial charge in [-0.25, -0.2) is 4.98 Å². The summed E-state index contributed by atoms with van der Waals surface area (Å²) in [5.41, 5.74) is 7.33. The van der Waals surface area contributed by atoms with E-state index in [1.807, 2.05) is 19.1 Å². The molecule has 0 atom stereocenters. The number of aromatic nitrogens is 1. The van der Waals surface area contributed by atoms with Crippen molar-refractivity contribution in [1.29, 1.82) is 0 Å². The molecule has 0 saturated heterocycles. The molecule has 76 valence electrons. The summed E-state index contributed by atoms with van der Waals surface area (Å²) in [7, 11) is 0. The summed E-state index contributed by atoms with van der Waals surface area (Å²) in [6.45, 7) is 1.88. The smallest absolute Gasteiger partial charge is 0.134 e. The Morgan fingerprint density at radius 1 is 1.57 bits per heavy atom. The van der Waals surface area contributed by atoms with Crippen molar-refractivity contribution in [3.05, 3.63) is 28.5 Å². The van der Waals surface area contributed by atoms with Crippen LogP contribution in [0.1, 0.15) is 24.1 Å². The van der Waals surface area contributed by atoms with Crippen LogP contribution in [0.3, 0.4) is 0 Å². The van der Waals surface area contributed by atoms with E-state index in [1.165, 1.54) is 0 Å². The molecule has 1 aromatic rings. The van der Waals surface area contributed by atoms with Crippen molar-refractivity contribution >= 4 is 11.6 Å². The molecule has 0 aromatic carbocycles. The fraction of sp³-hybridized carbons (Fsp3) is 0.500. The van der Waals surface area contributed by atoms with Crippen LogP contribution in [0.15, 0.2) is 12.1 Å². The number of aryl methyl sites for hydroxylation is 1. The highest BCUT2D eigenvalue weighted by Crippen LogP contribution is 2.41. The zero-order chi connectivity index (χ0) is 10.3. The molecule has 1 fully saturated rings. The molecule has 0 bridgehead atoms. The van der Waals surface area contributed by atoms with Gasteiger partial charge in [-0.2, -0.15) is 0 Å². The molecule has 1 saturated carbocycles. The molecule has 14 heavy (non-hydrogen) atoms. The molecule has 1 aromatic heterocycles. The largest absolute Gasteiger partial charge is 0.393 e. The Hall–Kier alpha value is -0.640. The van der Waals surface area contributed by atoms with Gasteiger partial charge in [0, 0.05) is 16.8 Å². The lowest BCUT2D eigenvalue weighted by atomic mass is 9.71. The first-order valence-electron chi connectivity index (χ1n) is 4.62. The number of nitrogens with zero attached hydrogens (tertiary/aromatic N) is 1. The van der Waals surface area contributed by atoms with Gasteiger partial charge in [-0.3, -0.25) is 0 Å². The third-order valence-corrected chi connectivity index (χ3v) is 3.01. The van der Waals surface area contributed by atoms with Crippen LogP contribution in [-0.4, -0.2) is 16.2 Å². The van der Waals surface area contributed by atoms with Crippen molar-refractivity contribution in [3.63, 3.8) is 0 Å². The second-order valence-electron chi connectivity index (χ2n) is 4.01. The predicted octanol–water partition coefficient (Wildman–Crippen LogP) is 1.35. The summed E-state index contributed by atoms with van der Waals surface area (Å²) >= 11 is 6.00. The van der Waals surface area contributed by atoms with Crippen LogP contribution in [0, 0.1) is 6.92 Å². The molecule has 0 aliphatic heterocycles. The Bertz CT molecular complexity index is 361. The number of aliphatic hydroxyl groups excluding tert-OH is 1. The Balaban J connectivity index is 2.33. The zero-order valence-corrected chi connectivity index (χ0v) is 8.75. The van der Waals surface area contributed by atoms with Crippen LogP contribution >= 0.6 is 11.6 Å². The molecule has 0 amide bonds. The molecule has 1 aliphatic rings. The van der Waals surface area contributed by atoms with E-state index in [0.29, 0.717) is 18.0 Å². The van der Waals surface area contributed by atoms with Crippen molar-refractivity contribution < 1.29 is 5.11 Å². The molecule has 0 unspecified atom stereocenters. The first kappa shape index (κ1) is 9.90. The highest BCUT2D eigenvalue weighted by atomic mass is 35.5. The molecule has 0 radical (unpaired) electrons. The lowest BCUT2D eigenvalue weighted by Gasteiger charge is -2.42. The van der Waals surface area contributed by atoms with E-state index in [1.54, 1.807) is 0 Å². The summed E-state index contributed by atoms with van der Waals surface area (Å²) < 4.78 is 0. The van der Waals surface area contributed by atoms with E-state index >= 15 is 0 Å². The maximum atomic E-state index is 9.25. The molecule has 0 spiro atoms. The van der Waals surface area contributed by atoms with Crippen molar-refractivity contribution in [2.24, 2.45) is 5.73 Å². The number of pyridine rings is 1. The first-order chi connectivity index (χ1) is 6.51. The van der Waals surface area contributed by atoms with Crippen molar-refractivity contribution in [2.75, 3.05) is 0 Å². The predicted molar refractivity (Wildman–Crippen MR) is 55.1 cm³/mol. The summed E-state index contributed by atoms with van der Waals surface area (Å²) in [5.74, 6) is 0. The number of nitrogens with two attached hydrogens (primary N) is 1. The van der Waals surface area contributed by atoms with E-state index in [9.17, 15) is 5.11 Å². The monoisotopic (exact) mass is 212 g/mol. The topological polar surface area (TPSA) is 59.1 Å². The Morgan fingerprint density at radius 3 is 2.71 bits per heavy atom. The maximum Gasteiger partial charge on any atom is 0.134 e. The lowest BCUT2D eigenvalue weighted by molar-refractivity contribution is 0.0208. The molecule has 4 heteroatoms. The van der Waals surface area contributed by atoms with Gasteiger partial charge in [-0.1, -0.05) is 17.7 Å². The quantitative estimate of drug-likeness (QED) is 0.691. The average Bonchev–Trinajstić information content (AvgIpc) is 2.00. The van der Waals surface area contributed by atoms with Crippen molar-refractivity contribution in [1.82, 2.24) is 4.98 Å². The van der Waals surface area contributed by atoms with Gasteiger partial charge >= 0.3 is 0 Å². The second-order valence-corrected chi connectivity index (χ2v) is 4.37. The third-order valence-electron chi connectivity index (χ3n) is 2.72. The molecular weight excluding hydrogens is 200 g/mol. The van der Waals surface area contributed by atoms with Crippen LogP contribution in [0.5, 0.6) is 0 Å². The molecule has 3 nitrogen and oxygen atoms in total. The van der Waals surface area contributed by atoms with Gasteiger partial charge < -0.3 is 10.8 Å². The van der Waals surface area contributed by atoms with Crippen molar-refractivity contribution in [2.45, 2.75) is 31.4 Å². The molecular formula is C10H13ClN2O. The van der Waals surface area contributed by atoms with Gasteiger partial charge in [0.15, 0.2) is 0 Å². The Kier molecular flexibility index (Phi) is 2.26. The SMILES string of the molecule is Cc1ccc(C2(N)CC(O)C2)c(Cl)n1. The highest BCUT2D eigenvalue weighted by Gasteiger charge is 2.42. The van der Waals surface area contributed by atoms with E-state index in [0.717, 1.165) is 11.3 Å². The van der Waals surface area contributed by atoms with Crippen LogP contribution in [0.4, 0.5) is 0 Å². The highest BCUT2D eigenvalue weighted by molar-refractivity contribution is 6.30. The Morgan fingerprint density at radius 2 is 2.21 bits per heavy atom. The first-order valence-corrected chi connectivity index (χ1v) is 5.00. The fourth-order valence-electron chi connectivity index (χ4n) is 1.90. The second kappa shape index (κ2) is 3.19. The van der Waals surface area contributed by atoms with Crippen LogP contribution in [0.2, 0.25) is 5.15 Å². The van der Waals surface area contributed by atoms with Crippen LogP contribution < -0.4 is 5.73 Å². The third kappa shape index (κ3) is 1.52. The normalized spacial score (nSPS) is 31.3. The molecule has 3 N–H and O–H groups in total. The molecule has 1 heterocycles.